The topological polar surface area (TPSA) is 38.9 Å². The monoisotopic (exact) mass is 218 g/mol. The van der Waals surface area contributed by atoms with Gasteiger partial charge in [-0.2, -0.15) is 13.2 Å². The molecule has 0 saturated carbocycles. The van der Waals surface area contributed by atoms with Crippen LogP contribution in [0, 0.1) is 0 Å². The van der Waals surface area contributed by atoms with Gasteiger partial charge in [0.15, 0.2) is 0 Å². The molecule has 2 nitrogen and oxygen atoms in total. The summed E-state index contributed by atoms with van der Waals surface area (Å²) < 4.78 is 37.9. The Kier molecular flexibility index (Phi) is 3.04. The minimum absolute atomic E-state index is 0.000000000000000444. The Morgan fingerprint density at radius 3 is 2.40 bits per heavy atom. The molecule has 0 aliphatic carbocycles. The van der Waals surface area contributed by atoms with Gasteiger partial charge in [-0.1, -0.05) is 13.8 Å². The van der Waals surface area contributed by atoms with Crippen LogP contribution in [0.25, 0.3) is 0 Å². The van der Waals surface area contributed by atoms with Crippen LogP contribution in [0.1, 0.15) is 25.1 Å². The normalized spacial score (nSPS) is 12.9. The summed E-state index contributed by atoms with van der Waals surface area (Å²) in [5.41, 5.74) is 3.96. The van der Waals surface area contributed by atoms with Crippen LogP contribution in [-0.4, -0.2) is 11.5 Å². The highest BCUT2D eigenvalue weighted by atomic mass is 19.4. The van der Waals surface area contributed by atoms with Crippen molar-refractivity contribution in [1.29, 1.82) is 0 Å². The lowest BCUT2D eigenvalue weighted by molar-refractivity contribution is -0.139. The van der Waals surface area contributed by atoms with Crippen LogP contribution >= 0.6 is 0 Å². The molecule has 1 aromatic heterocycles. The van der Waals surface area contributed by atoms with Crippen molar-refractivity contribution in [2.45, 2.75) is 25.4 Å². The summed E-state index contributed by atoms with van der Waals surface area (Å²) in [6.07, 6.45) is -3.03. The van der Waals surface area contributed by atoms with E-state index in [1.54, 1.807) is 13.8 Å². The Hall–Kier alpha value is -1.10. The zero-order valence-electron chi connectivity index (χ0n) is 8.60. The van der Waals surface area contributed by atoms with E-state index in [9.17, 15) is 13.2 Å². The molecule has 1 aromatic rings. The quantitative estimate of drug-likeness (QED) is 0.827. The molecule has 0 unspecified atom stereocenters. The number of nitrogens with zero attached hydrogens (tertiary/aromatic N) is 1. The van der Waals surface area contributed by atoms with Gasteiger partial charge in [-0.3, -0.25) is 4.98 Å². The van der Waals surface area contributed by atoms with Crippen LogP contribution < -0.4 is 5.73 Å². The third kappa shape index (κ3) is 2.47. The zero-order valence-corrected chi connectivity index (χ0v) is 8.60. The van der Waals surface area contributed by atoms with Crippen LogP contribution in [-0.2, 0) is 11.6 Å². The van der Waals surface area contributed by atoms with Crippen LogP contribution in [0.2, 0.25) is 0 Å². The molecule has 0 bridgehead atoms. The zero-order chi connectivity index (χ0) is 11.7. The van der Waals surface area contributed by atoms with Gasteiger partial charge < -0.3 is 5.73 Å². The molecule has 84 valence electrons. The first-order valence-corrected chi connectivity index (χ1v) is 4.52. The molecule has 0 amide bonds. The molecular weight excluding hydrogens is 205 g/mol. The van der Waals surface area contributed by atoms with E-state index in [1.807, 2.05) is 0 Å². The summed E-state index contributed by atoms with van der Waals surface area (Å²) >= 11 is 0. The summed E-state index contributed by atoms with van der Waals surface area (Å²) in [7, 11) is 0. The summed E-state index contributed by atoms with van der Waals surface area (Å²) in [6.45, 7) is 3.40. The second-order valence-electron chi connectivity index (χ2n) is 3.99. The molecule has 0 spiro atoms. The maximum Gasteiger partial charge on any atom is 0.418 e. The fourth-order valence-electron chi connectivity index (χ4n) is 1.27. The van der Waals surface area contributed by atoms with Crippen LogP contribution in [0.15, 0.2) is 18.3 Å². The van der Waals surface area contributed by atoms with Gasteiger partial charge in [-0.05, 0) is 12.1 Å². The highest BCUT2D eigenvalue weighted by Crippen LogP contribution is 2.35. The minimum atomic E-state index is -4.38. The summed E-state index contributed by atoms with van der Waals surface area (Å²) in [4.78, 5) is 3.79. The van der Waals surface area contributed by atoms with Crippen molar-refractivity contribution in [2.24, 2.45) is 5.73 Å². The SMILES string of the molecule is CC(C)(CN)c1ncccc1C(F)(F)F. The molecule has 0 aliphatic heterocycles. The number of alkyl halides is 3. The molecule has 0 aromatic carbocycles. The van der Waals surface area contributed by atoms with Crippen LogP contribution in [0.4, 0.5) is 13.2 Å². The van der Waals surface area contributed by atoms with E-state index >= 15 is 0 Å². The van der Waals surface area contributed by atoms with E-state index < -0.39 is 17.2 Å². The molecule has 0 radical (unpaired) electrons. The Balaban J connectivity index is 3.31. The lowest BCUT2D eigenvalue weighted by Gasteiger charge is -2.25. The Labute approximate surface area is 86.3 Å². The van der Waals surface area contributed by atoms with Crippen molar-refractivity contribution in [2.75, 3.05) is 6.54 Å². The maximum absolute atomic E-state index is 12.6. The number of nitrogens with two attached hydrogens (primary N) is 1. The second kappa shape index (κ2) is 3.81. The summed E-state index contributed by atoms with van der Waals surface area (Å²) in [5.74, 6) is 0. The summed E-state index contributed by atoms with van der Waals surface area (Å²) in [6, 6.07) is 2.30. The highest BCUT2D eigenvalue weighted by molar-refractivity contribution is 5.29. The second-order valence-corrected chi connectivity index (χ2v) is 3.99. The number of rotatable bonds is 2. The van der Waals surface area contributed by atoms with Crippen LogP contribution in [0.5, 0.6) is 0 Å². The highest BCUT2D eigenvalue weighted by Gasteiger charge is 2.38. The van der Waals surface area contributed by atoms with Gasteiger partial charge in [0.05, 0.1) is 11.3 Å². The third-order valence-corrected chi connectivity index (χ3v) is 2.26. The standard InChI is InChI=1S/C10H13F3N2/c1-9(2,6-14)8-7(10(11,12)13)4-3-5-15-8/h3-5H,6,14H2,1-2H3. The van der Waals surface area contributed by atoms with Gasteiger partial charge in [-0.25, -0.2) is 0 Å². The molecule has 0 fully saturated rings. The van der Waals surface area contributed by atoms with E-state index in [0.717, 1.165) is 6.07 Å². The third-order valence-electron chi connectivity index (χ3n) is 2.26. The number of pyridine rings is 1. The fraction of sp³-hybridized carbons (Fsp3) is 0.500. The molecule has 0 saturated heterocycles. The molecular formula is C10H13F3N2. The molecule has 15 heavy (non-hydrogen) atoms. The van der Waals surface area contributed by atoms with E-state index in [0.29, 0.717) is 0 Å². The Bertz CT molecular complexity index is 345. The number of aromatic nitrogens is 1. The van der Waals surface area contributed by atoms with E-state index in [-0.39, 0.29) is 12.2 Å². The molecule has 0 aliphatic rings. The molecule has 1 rings (SSSR count). The van der Waals surface area contributed by atoms with Gasteiger partial charge in [0.1, 0.15) is 0 Å². The first-order valence-electron chi connectivity index (χ1n) is 4.52. The Morgan fingerprint density at radius 2 is 1.93 bits per heavy atom. The molecule has 2 N–H and O–H groups in total. The number of halogens is 3. The predicted molar refractivity (Wildman–Crippen MR) is 51.3 cm³/mol. The smallest absolute Gasteiger partial charge is 0.330 e. The predicted octanol–water partition coefficient (Wildman–Crippen LogP) is 2.34. The van der Waals surface area contributed by atoms with Crippen molar-refractivity contribution in [3.8, 4) is 0 Å². The van der Waals surface area contributed by atoms with Gasteiger partial charge in [0.25, 0.3) is 0 Å². The molecule has 1 heterocycles. The lowest BCUT2D eigenvalue weighted by Crippen LogP contribution is -2.32. The number of hydrogen-bond acceptors (Lipinski definition) is 2. The van der Waals surface area contributed by atoms with Gasteiger partial charge >= 0.3 is 6.18 Å². The summed E-state index contributed by atoms with van der Waals surface area (Å²) in [5, 5.41) is 0. The maximum atomic E-state index is 12.6. The lowest BCUT2D eigenvalue weighted by atomic mass is 9.86. The number of hydrogen-bond donors (Lipinski definition) is 1. The van der Waals surface area contributed by atoms with E-state index in [1.165, 1.54) is 12.3 Å². The largest absolute Gasteiger partial charge is 0.418 e. The minimum Gasteiger partial charge on any atom is -0.330 e. The average Bonchev–Trinajstić information content (AvgIpc) is 2.16. The first kappa shape index (κ1) is 12.0. The van der Waals surface area contributed by atoms with E-state index in [4.69, 9.17) is 5.73 Å². The average molecular weight is 218 g/mol. The Morgan fingerprint density at radius 1 is 1.33 bits per heavy atom. The molecule has 0 atom stereocenters. The van der Waals surface area contributed by atoms with Crippen molar-refractivity contribution < 1.29 is 13.2 Å². The molecule has 5 heteroatoms. The van der Waals surface area contributed by atoms with Crippen molar-refractivity contribution in [3.05, 3.63) is 29.6 Å². The van der Waals surface area contributed by atoms with Crippen LogP contribution in [0.3, 0.4) is 0 Å². The van der Waals surface area contributed by atoms with Gasteiger partial charge in [-0.15, -0.1) is 0 Å². The van der Waals surface area contributed by atoms with Crippen molar-refractivity contribution in [1.82, 2.24) is 4.98 Å². The van der Waals surface area contributed by atoms with Crippen molar-refractivity contribution >= 4 is 0 Å². The van der Waals surface area contributed by atoms with Gasteiger partial charge in [0, 0.05) is 18.2 Å². The fourth-order valence-corrected chi connectivity index (χ4v) is 1.27. The first-order chi connectivity index (χ1) is 6.79. The van der Waals surface area contributed by atoms with Crippen molar-refractivity contribution in [3.63, 3.8) is 0 Å². The van der Waals surface area contributed by atoms with E-state index in [2.05, 4.69) is 4.98 Å². The van der Waals surface area contributed by atoms with Gasteiger partial charge in [0.2, 0.25) is 0 Å².